The van der Waals surface area contributed by atoms with E-state index >= 15 is 0 Å². The van der Waals surface area contributed by atoms with Crippen LogP contribution < -0.4 is 5.32 Å². The molecule has 2 saturated carbocycles. The van der Waals surface area contributed by atoms with E-state index in [9.17, 15) is 4.79 Å². The van der Waals surface area contributed by atoms with Gasteiger partial charge in [-0.3, -0.25) is 4.79 Å². The lowest BCUT2D eigenvalue weighted by Crippen LogP contribution is -2.50. The molecular weight excluding hydrogens is 228 g/mol. The largest absolute Gasteiger partial charge is 0.465 e. The Balaban J connectivity index is 1.92. The molecule has 0 aromatic heterocycles. The maximum Gasteiger partial charge on any atom is 0.326 e. The van der Waals surface area contributed by atoms with Crippen molar-refractivity contribution in [3.05, 3.63) is 0 Å². The van der Waals surface area contributed by atoms with E-state index in [1.165, 1.54) is 19.4 Å². The lowest BCUT2D eigenvalue weighted by atomic mass is 9.97. The fourth-order valence-corrected chi connectivity index (χ4v) is 3.04. The van der Waals surface area contributed by atoms with Crippen LogP contribution in [-0.2, 0) is 9.53 Å². The minimum Gasteiger partial charge on any atom is -0.465 e. The van der Waals surface area contributed by atoms with Crippen LogP contribution in [0.5, 0.6) is 0 Å². The summed E-state index contributed by atoms with van der Waals surface area (Å²) in [5, 5.41) is 3.21. The molecule has 2 rings (SSSR count). The summed E-state index contributed by atoms with van der Waals surface area (Å²) in [7, 11) is 4.07. The van der Waals surface area contributed by atoms with E-state index in [-0.39, 0.29) is 5.97 Å². The third-order valence-electron chi connectivity index (χ3n) is 4.50. The molecule has 0 radical (unpaired) electrons. The molecule has 2 aliphatic rings. The summed E-state index contributed by atoms with van der Waals surface area (Å²) < 4.78 is 5.22. The highest BCUT2D eigenvalue weighted by Gasteiger charge is 2.46. The Morgan fingerprint density at radius 1 is 1.44 bits per heavy atom. The van der Waals surface area contributed by atoms with E-state index < -0.39 is 5.54 Å². The SMILES string of the molecule is CCOC(=O)C1(NC)CCC(N(C)CC2CC2)C1. The quantitative estimate of drug-likeness (QED) is 0.728. The number of hydrogen-bond donors (Lipinski definition) is 1. The first-order chi connectivity index (χ1) is 8.61. The number of likely N-dealkylation sites (N-methyl/N-ethyl adjacent to an activating group) is 1. The predicted molar refractivity (Wildman–Crippen MR) is 71.4 cm³/mol. The Kier molecular flexibility index (Phi) is 4.28. The van der Waals surface area contributed by atoms with E-state index in [0.29, 0.717) is 12.6 Å². The third-order valence-corrected chi connectivity index (χ3v) is 4.50. The average Bonchev–Trinajstić information content (AvgIpc) is 3.06. The molecule has 2 aliphatic carbocycles. The third kappa shape index (κ3) is 2.86. The number of esters is 1. The van der Waals surface area contributed by atoms with Crippen LogP contribution in [0.4, 0.5) is 0 Å². The van der Waals surface area contributed by atoms with E-state index in [0.717, 1.165) is 25.2 Å². The second-order valence-corrected chi connectivity index (χ2v) is 5.83. The van der Waals surface area contributed by atoms with Crippen LogP contribution in [0.2, 0.25) is 0 Å². The molecule has 18 heavy (non-hydrogen) atoms. The van der Waals surface area contributed by atoms with E-state index in [1.807, 2.05) is 14.0 Å². The first-order valence-electron chi connectivity index (χ1n) is 7.17. The molecule has 4 heteroatoms. The predicted octanol–water partition coefficient (Wildman–Crippen LogP) is 1.40. The summed E-state index contributed by atoms with van der Waals surface area (Å²) in [4.78, 5) is 14.5. The Labute approximate surface area is 110 Å². The zero-order chi connectivity index (χ0) is 13.2. The maximum atomic E-state index is 12.1. The van der Waals surface area contributed by atoms with Gasteiger partial charge < -0.3 is 15.0 Å². The van der Waals surface area contributed by atoms with Gasteiger partial charge in [0.25, 0.3) is 0 Å². The normalized spacial score (nSPS) is 31.9. The number of carbonyl (C=O) groups excluding carboxylic acids is 1. The van der Waals surface area contributed by atoms with Crippen LogP contribution in [-0.4, -0.2) is 49.7 Å². The Morgan fingerprint density at radius 2 is 2.17 bits per heavy atom. The van der Waals surface area contributed by atoms with E-state index in [1.54, 1.807) is 0 Å². The van der Waals surface area contributed by atoms with Gasteiger partial charge in [-0.25, -0.2) is 0 Å². The second-order valence-electron chi connectivity index (χ2n) is 5.83. The summed E-state index contributed by atoms with van der Waals surface area (Å²) in [5.74, 6) is 0.831. The highest BCUT2D eigenvalue weighted by Crippen LogP contribution is 2.36. The molecule has 0 heterocycles. The number of ether oxygens (including phenoxy) is 1. The molecule has 0 aliphatic heterocycles. The van der Waals surface area contributed by atoms with Gasteiger partial charge in [0.1, 0.15) is 5.54 Å². The summed E-state index contributed by atoms with van der Waals surface area (Å²) >= 11 is 0. The van der Waals surface area contributed by atoms with Crippen LogP contribution in [0.3, 0.4) is 0 Å². The number of hydrogen-bond acceptors (Lipinski definition) is 4. The van der Waals surface area contributed by atoms with Gasteiger partial charge in [0, 0.05) is 12.6 Å². The van der Waals surface area contributed by atoms with Gasteiger partial charge in [-0.05, 0) is 59.0 Å². The lowest BCUT2D eigenvalue weighted by molar-refractivity contribution is -0.151. The molecule has 4 nitrogen and oxygen atoms in total. The number of rotatable bonds is 6. The molecule has 0 saturated heterocycles. The highest BCUT2D eigenvalue weighted by molar-refractivity contribution is 5.81. The van der Waals surface area contributed by atoms with Crippen molar-refractivity contribution < 1.29 is 9.53 Å². The van der Waals surface area contributed by atoms with Crippen molar-refractivity contribution >= 4 is 5.97 Å². The molecule has 0 spiro atoms. The van der Waals surface area contributed by atoms with Crippen LogP contribution in [0, 0.1) is 5.92 Å². The topological polar surface area (TPSA) is 41.6 Å². The molecule has 1 N–H and O–H groups in total. The molecular formula is C14H26N2O2. The monoisotopic (exact) mass is 254 g/mol. The number of nitrogens with zero attached hydrogens (tertiary/aromatic N) is 1. The summed E-state index contributed by atoms with van der Waals surface area (Å²) in [6, 6.07) is 0.516. The fourth-order valence-electron chi connectivity index (χ4n) is 3.04. The summed E-state index contributed by atoms with van der Waals surface area (Å²) in [5.41, 5.74) is -0.446. The van der Waals surface area contributed by atoms with Gasteiger partial charge in [-0.1, -0.05) is 0 Å². The minimum absolute atomic E-state index is 0.0742. The van der Waals surface area contributed by atoms with Crippen molar-refractivity contribution in [2.75, 3.05) is 27.2 Å². The van der Waals surface area contributed by atoms with Gasteiger partial charge in [0.15, 0.2) is 0 Å². The van der Waals surface area contributed by atoms with Crippen molar-refractivity contribution in [1.29, 1.82) is 0 Å². The first-order valence-corrected chi connectivity index (χ1v) is 7.17. The van der Waals surface area contributed by atoms with E-state index in [4.69, 9.17) is 4.74 Å². The number of carbonyl (C=O) groups is 1. The molecule has 104 valence electrons. The summed E-state index contributed by atoms with van der Waals surface area (Å²) in [6.45, 7) is 3.52. The van der Waals surface area contributed by atoms with Crippen molar-refractivity contribution in [3.8, 4) is 0 Å². The molecule has 0 aromatic rings. The molecule has 2 atom stereocenters. The van der Waals surface area contributed by atoms with Crippen LogP contribution >= 0.6 is 0 Å². The molecule has 0 amide bonds. The van der Waals surface area contributed by atoms with Gasteiger partial charge >= 0.3 is 5.97 Å². The van der Waals surface area contributed by atoms with Crippen molar-refractivity contribution in [3.63, 3.8) is 0 Å². The minimum atomic E-state index is -0.446. The lowest BCUT2D eigenvalue weighted by Gasteiger charge is -2.29. The maximum absolute atomic E-state index is 12.1. The van der Waals surface area contributed by atoms with Gasteiger partial charge in [-0.2, -0.15) is 0 Å². The number of nitrogens with one attached hydrogen (secondary N) is 1. The second kappa shape index (κ2) is 5.57. The van der Waals surface area contributed by atoms with Gasteiger partial charge in [0.2, 0.25) is 0 Å². The Bertz CT molecular complexity index is 304. The Hall–Kier alpha value is -0.610. The Morgan fingerprint density at radius 3 is 2.72 bits per heavy atom. The van der Waals surface area contributed by atoms with Crippen LogP contribution in [0.25, 0.3) is 0 Å². The van der Waals surface area contributed by atoms with Gasteiger partial charge in [0.05, 0.1) is 6.61 Å². The van der Waals surface area contributed by atoms with E-state index in [2.05, 4.69) is 17.3 Å². The van der Waals surface area contributed by atoms with Crippen molar-refractivity contribution in [1.82, 2.24) is 10.2 Å². The molecule has 2 fully saturated rings. The highest BCUT2D eigenvalue weighted by atomic mass is 16.5. The zero-order valence-electron chi connectivity index (χ0n) is 11.9. The average molecular weight is 254 g/mol. The molecule has 0 aromatic carbocycles. The zero-order valence-corrected chi connectivity index (χ0v) is 11.9. The summed E-state index contributed by atoms with van der Waals surface area (Å²) in [6.07, 6.45) is 5.62. The van der Waals surface area contributed by atoms with Crippen LogP contribution in [0.1, 0.15) is 39.0 Å². The molecule has 0 bridgehead atoms. The first kappa shape index (κ1) is 13.8. The standard InChI is InChI=1S/C14H26N2O2/c1-4-18-13(17)14(15-2)8-7-12(9-14)16(3)10-11-5-6-11/h11-12,15H,4-10H2,1-3H3. The smallest absolute Gasteiger partial charge is 0.326 e. The molecule has 2 unspecified atom stereocenters. The van der Waals surface area contributed by atoms with Crippen molar-refractivity contribution in [2.24, 2.45) is 5.92 Å². The fraction of sp³-hybridized carbons (Fsp3) is 0.929. The van der Waals surface area contributed by atoms with Gasteiger partial charge in [-0.15, -0.1) is 0 Å². The van der Waals surface area contributed by atoms with Crippen molar-refractivity contribution in [2.45, 2.75) is 50.6 Å². The van der Waals surface area contributed by atoms with Crippen LogP contribution in [0.15, 0.2) is 0 Å².